The molecule has 0 unspecified atom stereocenters. The number of hydrogen-bond donors (Lipinski definition) is 2. The Morgan fingerprint density at radius 3 is 2.34 bits per heavy atom. The lowest BCUT2D eigenvalue weighted by molar-refractivity contribution is -0.118. The zero-order valence-corrected chi connectivity index (χ0v) is 20.0. The second-order valence-electron chi connectivity index (χ2n) is 7.31. The molecular weight excluding hydrogens is 456 g/mol. The molecular formula is C24H28N4O7. The largest absolute Gasteiger partial charge is 0.493 e. The number of carbonyl (C=O) groups is 2. The van der Waals surface area contributed by atoms with Crippen molar-refractivity contribution < 1.29 is 33.2 Å². The minimum atomic E-state index is -0.482. The van der Waals surface area contributed by atoms with Gasteiger partial charge in [0.1, 0.15) is 0 Å². The molecule has 3 amide bonds. The number of nitrogens with one attached hydrogen (secondary N) is 1. The summed E-state index contributed by atoms with van der Waals surface area (Å²) in [6.07, 6.45) is 2.19. The van der Waals surface area contributed by atoms with Crippen molar-refractivity contribution in [1.29, 1.82) is 0 Å². The van der Waals surface area contributed by atoms with Crippen molar-refractivity contribution in [2.24, 2.45) is 5.73 Å². The van der Waals surface area contributed by atoms with Crippen LogP contribution in [0, 0.1) is 0 Å². The number of aromatic nitrogens is 1. The molecule has 35 heavy (non-hydrogen) atoms. The van der Waals surface area contributed by atoms with E-state index >= 15 is 0 Å². The van der Waals surface area contributed by atoms with E-state index < -0.39 is 11.9 Å². The van der Waals surface area contributed by atoms with Crippen molar-refractivity contribution in [2.75, 3.05) is 40.0 Å². The van der Waals surface area contributed by atoms with Crippen LogP contribution in [0.3, 0.4) is 0 Å². The molecule has 1 heterocycles. The van der Waals surface area contributed by atoms with Crippen molar-refractivity contribution in [3.8, 4) is 39.7 Å². The molecule has 11 heteroatoms. The number of primary amides is 1. The molecule has 0 radical (unpaired) electrons. The van der Waals surface area contributed by atoms with Crippen LogP contribution in [0.2, 0.25) is 0 Å². The van der Waals surface area contributed by atoms with Gasteiger partial charge in [0.2, 0.25) is 11.7 Å². The highest BCUT2D eigenvalue weighted by Gasteiger charge is 2.21. The third-order valence-electron chi connectivity index (χ3n) is 5.13. The molecule has 11 nitrogen and oxygen atoms in total. The summed E-state index contributed by atoms with van der Waals surface area (Å²) in [5.74, 6) is 1.45. The average Bonchev–Trinajstić information content (AvgIpc) is 3.36. The lowest BCUT2D eigenvalue weighted by Crippen LogP contribution is -2.40. The molecule has 0 aliphatic rings. The molecule has 2 aromatic carbocycles. The first-order chi connectivity index (χ1) is 16.9. The fourth-order valence-corrected chi connectivity index (χ4v) is 3.50. The van der Waals surface area contributed by atoms with Crippen LogP contribution < -0.4 is 30.3 Å². The van der Waals surface area contributed by atoms with Gasteiger partial charge in [0.15, 0.2) is 17.3 Å². The molecule has 3 aromatic rings. The summed E-state index contributed by atoms with van der Waals surface area (Å²) in [5, 5.41) is 7.78. The lowest BCUT2D eigenvalue weighted by Gasteiger charge is -2.20. The second-order valence-corrected chi connectivity index (χ2v) is 7.31. The third-order valence-corrected chi connectivity index (χ3v) is 5.13. The molecule has 1 aromatic heterocycles. The van der Waals surface area contributed by atoms with E-state index in [1.54, 1.807) is 36.5 Å². The van der Waals surface area contributed by atoms with Crippen molar-refractivity contribution >= 4 is 17.6 Å². The van der Waals surface area contributed by atoms with Crippen LogP contribution in [-0.2, 0) is 9.63 Å². The van der Waals surface area contributed by atoms with Gasteiger partial charge >= 0.3 is 6.03 Å². The van der Waals surface area contributed by atoms with Crippen molar-refractivity contribution in [3.63, 3.8) is 0 Å². The van der Waals surface area contributed by atoms with Gasteiger partial charge in [0.05, 0.1) is 40.3 Å². The standard InChI is InChI=1S/C24H28N4O7/c1-31-19-12-16(13-20(32-2)23(19)33-3)22-18(14-27-35-22)15-7-5-8-17(11-15)28(34-4)24(30)26-10-6-9-21(25)29/h5,7-8,11-14H,6,9-10H2,1-4H3,(H2,25,29)(H,26,30). The van der Waals surface area contributed by atoms with Gasteiger partial charge in [-0.3, -0.25) is 9.63 Å². The number of anilines is 1. The fraction of sp³-hybridized carbons (Fsp3) is 0.292. The molecule has 0 bridgehead atoms. The van der Waals surface area contributed by atoms with Gasteiger partial charge in [-0.15, -0.1) is 0 Å². The van der Waals surface area contributed by atoms with Gasteiger partial charge in [0.25, 0.3) is 0 Å². The van der Waals surface area contributed by atoms with E-state index in [1.165, 1.54) is 28.4 Å². The Morgan fingerprint density at radius 2 is 1.74 bits per heavy atom. The Bertz CT molecular complexity index is 1150. The molecule has 0 atom stereocenters. The van der Waals surface area contributed by atoms with Gasteiger partial charge in [-0.1, -0.05) is 17.3 Å². The summed E-state index contributed by atoms with van der Waals surface area (Å²) in [5.41, 5.74) is 7.68. The Morgan fingerprint density at radius 1 is 1.03 bits per heavy atom. The van der Waals surface area contributed by atoms with Crippen LogP contribution in [-0.4, -0.2) is 52.1 Å². The van der Waals surface area contributed by atoms with Gasteiger partial charge in [-0.25, -0.2) is 4.79 Å². The molecule has 0 saturated heterocycles. The summed E-state index contributed by atoms with van der Waals surface area (Å²) >= 11 is 0. The smallest absolute Gasteiger partial charge is 0.346 e. The second kappa shape index (κ2) is 11.7. The van der Waals surface area contributed by atoms with Gasteiger partial charge < -0.3 is 29.8 Å². The van der Waals surface area contributed by atoms with Crippen LogP contribution in [0.5, 0.6) is 17.2 Å². The highest BCUT2D eigenvalue weighted by atomic mass is 16.7. The minimum Gasteiger partial charge on any atom is -0.493 e. The van der Waals surface area contributed by atoms with E-state index in [0.29, 0.717) is 46.2 Å². The number of hydroxylamine groups is 1. The van der Waals surface area contributed by atoms with Gasteiger partial charge in [-0.05, 0) is 36.2 Å². The maximum atomic E-state index is 12.6. The van der Waals surface area contributed by atoms with Crippen molar-refractivity contribution in [1.82, 2.24) is 10.5 Å². The highest BCUT2D eigenvalue weighted by Crippen LogP contribution is 2.43. The van der Waals surface area contributed by atoms with Gasteiger partial charge in [-0.2, -0.15) is 5.06 Å². The molecule has 0 aliphatic heterocycles. The van der Waals surface area contributed by atoms with E-state index in [9.17, 15) is 9.59 Å². The SMILES string of the molecule is COc1cc(-c2oncc2-c2cccc(N(OC)C(=O)NCCCC(N)=O)c2)cc(OC)c1OC. The monoisotopic (exact) mass is 484 g/mol. The number of hydrogen-bond acceptors (Lipinski definition) is 8. The van der Waals surface area contributed by atoms with E-state index in [1.807, 2.05) is 6.07 Å². The number of ether oxygens (including phenoxy) is 3. The van der Waals surface area contributed by atoms with E-state index in [2.05, 4.69) is 10.5 Å². The van der Waals surface area contributed by atoms with E-state index in [4.69, 9.17) is 29.3 Å². The molecule has 0 saturated carbocycles. The third kappa shape index (κ3) is 5.82. The predicted molar refractivity (Wildman–Crippen MR) is 128 cm³/mol. The van der Waals surface area contributed by atoms with Crippen molar-refractivity contribution in [3.05, 3.63) is 42.6 Å². The molecule has 0 spiro atoms. The van der Waals surface area contributed by atoms with E-state index in [0.717, 1.165) is 10.6 Å². The van der Waals surface area contributed by atoms with Gasteiger partial charge in [0, 0.05) is 24.1 Å². The number of rotatable bonds is 11. The molecule has 0 aliphatic carbocycles. The molecule has 3 rings (SSSR count). The number of amides is 3. The van der Waals surface area contributed by atoms with Crippen LogP contribution in [0.25, 0.3) is 22.5 Å². The first-order valence-electron chi connectivity index (χ1n) is 10.7. The van der Waals surface area contributed by atoms with Crippen LogP contribution in [0.4, 0.5) is 10.5 Å². The average molecular weight is 485 g/mol. The zero-order valence-electron chi connectivity index (χ0n) is 20.0. The summed E-state index contributed by atoms with van der Waals surface area (Å²) < 4.78 is 21.9. The summed E-state index contributed by atoms with van der Waals surface area (Å²) in [7, 11) is 5.98. The highest BCUT2D eigenvalue weighted by molar-refractivity contribution is 5.91. The molecule has 0 fully saturated rings. The molecule has 3 N–H and O–H groups in total. The number of carbonyl (C=O) groups excluding carboxylic acids is 2. The number of nitrogens with two attached hydrogens (primary N) is 1. The summed E-state index contributed by atoms with van der Waals surface area (Å²) in [4.78, 5) is 28.8. The normalized spacial score (nSPS) is 10.5. The number of urea groups is 1. The minimum absolute atomic E-state index is 0.181. The first-order valence-corrected chi connectivity index (χ1v) is 10.7. The predicted octanol–water partition coefficient (Wildman–Crippen LogP) is 3.38. The van der Waals surface area contributed by atoms with E-state index in [-0.39, 0.29) is 13.0 Å². The van der Waals surface area contributed by atoms with Crippen LogP contribution >= 0.6 is 0 Å². The summed E-state index contributed by atoms with van der Waals surface area (Å²) in [6, 6.07) is 10.2. The van der Waals surface area contributed by atoms with Crippen molar-refractivity contribution in [2.45, 2.75) is 12.8 Å². The Labute approximate surface area is 202 Å². The fourth-order valence-electron chi connectivity index (χ4n) is 3.50. The lowest BCUT2D eigenvalue weighted by atomic mass is 10.0. The Kier molecular flexibility index (Phi) is 8.52. The quantitative estimate of drug-likeness (QED) is 0.312. The Hall–Kier alpha value is -4.25. The number of benzene rings is 2. The maximum absolute atomic E-state index is 12.6. The van der Waals surface area contributed by atoms with Crippen LogP contribution in [0.1, 0.15) is 12.8 Å². The topological polar surface area (TPSA) is 138 Å². The van der Waals surface area contributed by atoms with Crippen LogP contribution in [0.15, 0.2) is 47.1 Å². The number of nitrogens with zero attached hydrogens (tertiary/aromatic N) is 2. The first kappa shape index (κ1) is 25.4. The Balaban J connectivity index is 1.91. The maximum Gasteiger partial charge on any atom is 0.346 e. The summed E-state index contributed by atoms with van der Waals surface area (Å²) in [6.45, 7) is 0.276. The zero-order chi connectivity index (χ0) is 25.4. The molecule has 186 valence electrons. The number of methoxy groups -OCH3 is 3.